The third kappa shape index (κ3) is 3.47. The maximum absolute atomic E-state index is 11.9. The van der Waals surface area contributed by atoms with Crippen LogP contribution in [-0.4, -0.2) is 4.57 Å². The van der Waals surface area contributed by atoms with Crippen molar-refractivity contribution in [3.05, 3.63) is 39.3 Å². The predicted molar refractivity (Wildman–Crippen MR) is 82.6 cm³/mol. The average molecular weight is 276 g/mol. The van der Waals surface area contributed by atoms with Crippen molar-refractivity contribution in [3.63, 3.8) is 0 Å². The first-order valence-electron chi connectivity index (χ1n) is 6.76. The van der Waals surface area contributed by atoms with Crippen LogP contribution in [0.5, 0.6) is 0 Å². The Morgan fingerprint density at radius 1 is 1.26 bits per heavy atom. The third-order valence-electron chi connectivity index (χ3n) is 3.20. The molecule has 0 bridgehead atoms. The standard InChI is InChI=1S/C15H20N2OS/c1-2-3-4-5-9-17-14(11-19-15(17)18)12-7-6-8-13(16)10-12/h6-8,10-11H,2-5,9,16H2,1H3. The molecule has 0 aliphatic carbocycles. The normalized spacial score (nSPS) is 10.8. The number of nitrogens with zero attached hydrogens (tertiary/aromatic N) is 1. The quantitative estimate of drug-likeness (QED) is 0.645. The first-order valence-corrected chi connectivity index (χ1v) is 7.64. The van der Waals surface area contributed by atoms with Gasteiger partial charge in [0, 0.05) is 23.2 Å². The molecule has 0 atom stereocenters. The van der Waals surface area contributed by atoms with Crippen molar-refractivity contribution in [2.75, 3.05) is 5.73 Å². The molecule has 0 spiro atoms. The van der Waals surface area contributed by atoms with E-state index >= 15 is 0 Å². The summed E-state index contributed by atoms with van der Waals surface area (Å²) in [6.45, 7) is 2.99. The third-order valence-corrected chi connectivity index (χ3v) is 3.96. The van der Waals surface area contributed by atoms with Gasteiger partial charge in [-0.25, -0.2) is 0 Å². The van der Waals surface area contributed by atoms with Crippen molar-refractivity contribution in [1.29, 1.82) is 0 Å². The number of benzene rings is 1. The fourth-order valence-electron chi connectivity index (χ4n) is 2.16. The van der Waals surface area contributed by atoms with Gasteiger partial charge in [0.2, 0.25) is 0 Å². The molecule has 0 saturated carbocycles. The molecule has 19 heavy (non-hydrogen) atoms. The van der Waals surface area contributed by atoms with Crippen molar-refractivity contribution in [3.8, 4) is 11.3 Å². The zero-order valence-corrected chi connectivity index (χ0v) is 12.1. The van der Waals surface area contributed by atoms with Crippen molar-refractivity contribution in [2.45, 2.75) is 39.2 Å². The fourth-order valence-corrected chi connectivity index (χ4v) is 2.95. The zero-order valence-electron chi connectivity index (χ0n) is 11.3. The minimum Gasteiger partial charge on any atom is -0.399 e. The summed E-state index contributed by atoms with van der Waals surface area (Å²) in [6, 6.07) is 7.71. The number of aromatic nitrogens is 1. The summed E-state index contributed by atoms with van der Waals surface area (Å²) in [5.74, 6) is 0. The van der Waals surface area contributed by atoms with Crippen LogP contribution >= 0.6 is 11.3 Å². The summed E-state index contributed by atoms with van der Waals surface area (Å²) in [5, 5.41) is 1.93. The molecule has 0 fully saturated rings. The van der Waals surface area contributed by atoms with Gasteiger partial charge >= 0.3 is 4.87 Å². The van der Waals surface area contributed by atoms with Crippen LogP contribution in [0.3, 0.4) is 0 Å². The van der Waals surface area contributed by atoms with E-state index in [-0.39, 0.29) is 4.87 Å². The van der Waals surface area contributed by atoms with E-state index < -0.39 is 0 Å². The van der Waals surface area contributed by atoms with E-state index in [1.807, 2.05) is 34.2 Å². The molecule has 102 valence electrons. The number of anilines is 1. The van der Waals surface area contributed by atoms with Gasteiger partial charge in [-0.3, -0.25) is 9.36 Å². The first kappa shape index (κ1) is 13.9. The second kappa shape index (κ2) is 6.57. The van der Waals surface area contributed by atoms with Gasteiger partial charge in [-0.1, -0.05) is 49.7 Å². The van der Waals surface area contributed by atoms with Gasteiger partial charge in [0.15, 0.2) is 0 Å². The van der Waals surface area contributed by atoms with Crippen LogP contribution in [0.1, 0.15) is 32.6 Å². The molecule has 0 aliphatic heterocycles. The Kier molecular flexibility index (Phi) is 4.80. The van der Waals surface area contributed by atoms with E-state index in [4.69, 9.17) is 5.73 Å². The highest BCUT2D eigenvalue weighted by Gasteiger charge is 2.08. The van der Waals surface area contributed by atoms with Gasteiger partial charge in [-0.05, 0) is 18.6 Å². The molecule has 4 heteroatoms. The topological polar surface area (TPSA) is 48.0 Å². The van der Waals surface area contributed by atoms with Crippen LogP contribution in [0, 0.1) is 0 Å². The van der Waals surface area contributed by atoms with Gasteiger partial charge in [0.05, 0.1) is 5.69 Å². The molecule has 0 amide bonds. The molecule has 2 rings (SSSR count). The minimum absolute atomic E-state index is 0.119. The fraction of sp³-hybridized carbons (Fsp3) is 0.400. The summed E-state index contributed by atoms with van der Waals surface area (Å²) in [7, 11) is 0. The van der Waals surface area contributed by atoms with Crippen molar-refractivity contribution >= 4 is 17.0 Å². The summed E-state index contributed by atoms with van der Waals surface area (Å²) in [5.41, 5.74) is 8.55. The Balaban J connectivity index is 2.20. The van der Waals surface area contributed by atoms with E-state index in [2.05, 4.69) is 6.92 Å². The monoisotopic (exact) mass is 276 g/mol. The number of thiazole rings is 1. The molecular formula is C15H20N2OS. The van der Waals surface area contributed by atoms with Crippen LogP contribution in [0.25, 0.3) is 11.3 Å². The molecule has 1 aromatic carbocycles. The Labute approximate surface area is 117 Å². The number of hydrogen-bond donors (Lipinski definition) is 1. The van der Waals surface area contributed by atoms with E-state index in [1.165, 1.54) is 30.6 Å². The number of unbranched alkanes of at least 4 members (excludes halogenated alkanes) is 3. The van der Waals surface area contributed by atoms with Crippen LogP contribution in [0.2, 0.25) is 0 Å². The highest BCUT2D eigenvalue weighted by Crippen LogP contribution is 2.22. The Morgan fingerprint density at radius 2 is 2.11 bits per heavy atom. The Hall–Kier alpha value is -1.55. The predicted octanol–water partition coefficient (Wildman–Crippen LogP) is 3.74. The van der Waals surface area contributed by atoms with E-state index in [0.717, 1.165) is 29.9 Å². The van der Waals surface area contributed by atoms with E-state index in [1.54, 1.807) is 0 Å². The second-order valence-electron chi connectivity index (χ2n) is 4.72. The summed E-state index contributed by atoms with van der Waals surface area (Å²) in [6.07, 6.45) is 4.67. The van der Waals surface area contributed by atoms with E-state index in [9.17, 15) is 4.79 Å². The maximum atomic E-state index is 11.9. The van der Waals surface area contributed by atoms with Gasteiger partial charge in [0.25, 0.3) is 0 Å². The number of hydrogen-bond acceptors (Lipinski definition) is 3. The number of nitrogen functional groups attached to an aromatic ring is 1. The smallest absolute Gasteiger partial charge is 0.307 e. The second-order valence-corrected chi connectivity index (χ2v) is 5.55. The highest BCUT2D eigenvalue weighted by atomic mass is 32.1. The Morgan fingerprint density at radius 3 is 2.84 bits per heavy atom. The van der Waals surface area contributed by atoms with Crippen molar-refractivity contribution in [2.24, 2.45) is 0 Å². The summed E-state index contributed by atoms with van der Waals surface area (Å²) < 4.78 is 1.87. The molecule has 0 aliphatic rings. The number of nitrogens with two attached hydrogens (primary N) is 1. The molecule has 1 aromatic heterocycles. The molecule has 3 nitrogen and oxygen atoms in total. The molecule has 1 heterocycles. The van der Waals surface area contributed by atoms with E-state index in [0.29, 0.717) is 0 Å². The maximum Gasteiger partial charge on any atom is 0.307 e. The molecular weight excluding hydrogens is 256 g/mol. The van der Waals surface area contributed by atoms with Crippen LogP contribution in [-0.2, 0) is 6.54 Å². The lowest BCUT2D eigenvalue weighted by Gasteiger charge is -2.08. The minimum atomic E-state index is 0.119. The molecule has 0 saturated heterocycles. The molecule has 2 N–H and O–H groups in total. The van der Waals surface area contributed by atoms with Gasteiger partial charge < -0.3 is 5.73 Å². The highest BCUT2D eigenvalue weighted by molar-refractivity contribution is 7.07. The lowest BCUT2D eigenvalue weighted by Crippen LogP contribution is -2.14. The zero-order chi connectivity index (χ0) is 13.7. The summed E-state index contributed by atoms with van der Waals surface area (Å²) >= 11 is 1.26. The molecule has 0 unspecified atom stereocenters. The molecule has 2 aromatic rings. The largest absolute Gasteiger partial charge is 0.399 e. The van der Waals surface area contributed by atoms with Crippen molar-refractivity contribution in [1.82, 2.24) is 4.57 Å². The molecule has 0 radical (unpaired) electrons. The van der Waals surface area contributed by atoms with Crippen LogP contribution < -0.4 is 10.6 Å². The summed E-state index contributed by atoms with van der Waals surface area (Å²) in [4.78, 5) is 12.0. The Bertz CT molecular complexity index is 586. The van der Waals surface area contributed by atoms with Gasteiger partial charge in [-0.2, -0.15) is 0 Å². The van der Waals surface area contributed by atoms with Crippen LogP contribution in [0.4, 0.5) is 5.69 Å². The van der Waals surface area contributed by atoms with Gasteiger partial charge in [-0.15, -0.1) is 0 Å². The SMILES string of the molecule is CCCCCCn1c(-c2cccc(N)c2)csc1=O. The average Bonchev–Trinajstić information content (AvgIpc) is 2.76. The first-order chi connectivity index (χ1) is 9.22. The van der Waals surface area contributed by atoms with Gasteiger partial charge in [0.1, 0.15) is 0 Å². The van der Waals surface area contributed by atoms with Crippen LogP contribution in [0.15, 0.2) is 34.4 Å². The lowest BCUT2D eigenvalue weighted by molar-refractivity contribution is 0.581. The lowest BCUT2D eigenvalue weighted by atomic mass is 10.1. The van der Waals surface area contributed by atoms with Crippen molar-refractivity contribution < 1.29 is 0 Å². The number of rotatable bonds is 6.